The zero-order chi connectivity index (χ0) is 18.7. The Labute approximate surface area is 146 Å². The minimum Gasteiger partial charge on any atom is -0.394 e. The summed E-state index contributed by atoms with van der Waals surface area (Å²) in [7, 11) is 2.97. The van der Waals surface area contributed by atoms with Crippen molar-refractivity contribution in [3.05, 3.63) is 11.6 Å². The van der Waals surface area contributed by atoms with Crippen LogP contribution in [0.4, 0.5) is 0 Å². The van der Waals surface area contributed by atoms with Gasteiger partial charge in [0.2, 0.25) is 0 Å². The molecule has 1 aliphatic carbocycles. The average Bonchev–Trinajstić information content (AvgIpc) is 2.61. The fourth-order valence-corrected chi connectivity index (χ4v) is 3.41. The summed E-state index contributed by atoms with van der Waals surface area (Å²) in [6.07, 6.45) is -7.43. The summed E-state index contributed by atoms with van der Waals surface area (Å²) in [5.41, 5.74) is 0.539. The lowest BCUT2D eigenvalue weighted by molar-refractivity contribution is -0.312. The molecule has 9 heteroatoms. The normalized spacial score (nSPS) is 47.2. The Hall–Kier alpha value is -0.620. The van der Waals surface area contributed by atoms with E-state index in [9.17, 15) is 25.5 Å². The third kappa shape index (κ3) is 4.05. The van der Waals surface area contributed by atoms with Gasteiger partial charge in [-0.2, -0.15) is 0 Å². The van der Waals surface area contributed by atoms with Crippen LogP contribution >= 0.6 is 0 Å². The molecule has 2 aliphatic rings. The van der Waals surface area contributed by atoms with Gasteiger partial charge in [-0.05, 0) is 12.5 Å². The quantitative estimate of drug-likeness (QED) is 0.348. The first-order valence-electron chi connectivity index (χ1n) is 8.25. The molecule has 5 N–H and O–H groups in total. The summed E-state index contributed by atoms with van der Waals surface area (Å²) in [5, 5.41) is 49.6. The van der Waals surface area contributed by atoms with Gasteiger partial charge in [-0.15, -0.1) is 0 Å². The van der Waals surface area contributed by atoms with E-state index in [0.717, 1.165) is 0 Å². The molecule has 1 saturated carbocycles. The number of aliphatic hydroxyl groups excluding tert-OH is 5. The van der Waals surface area contributed by atoms with Gasteiger partial charge in [0.1, 0.15) is 36.6 Å². The van der Waals surface area contributed by atoms with Crippen LogP contribution in [0.3, 0.4) is 0 Å². The Morgan fingerprint density at radius 3 is 2.28 bits per heavy atom. The molecule has 0 bridgehead atoms. The summed E-state index contributed by atoms with van der Waals surface area (Å²) >= 11 is 0. The van der Waals surface area contributed by atoms with Crippen LogP contribution in [0, 0.1) is 0 Å². The minimum absolute atomic E-state index is 0.334. The largest absolute Gasteiger partial charge is 0.394 e. The summed E-state index contributed by atoms with van der Waals surface area (Å²) in [4.78, 5) is 0. The van der Waals surface area contributed by atoms with Gasteiger partial charge in [-0.3, -0.25) is 0 Å². The molecule has 9 atom stereocenters. The van der Waals surface area contributed by atoms with Crippen molar-refractivity contribution in [2.45, 2.75) is 68.5 Å². The van der Waals surface area contributed by atoms with Crippen LogP contribution in [0.5, 0.6) is 0 Å². The van der Waals surface area contributed by atoms with E-state index in [1.54, 1.807) is 13.0 Å². The van der Waals surface area contributed by atoms with Gasteiger partial charge in [-0.25, -0.2) is 0 Å². The fourth-order valence-electron chi connectivity index (χ4n) is 3.41. The molecule has 0 aromatic heterocycles. The number of rotatable bonds is 5. The van der Waals surface area contributed by atoms with Gasteiger partial charge in [0.05, 0.1) is 18.8 Å². The maximum Gasteiger partial charge on any atom is 0.187 e. The van der Waals surface area contributed by atoms with Crippen LogP contribution < -0.4 is 0 Å². The topological polar surface area (TPSA) is 138 Å². The van der Waals surface area contributed by atoms with Crippen LogP contribution in [0.15, 0.2) is 11.6 Å². The lowest BCUT2D eigenvalue weighted by Crippen LogP contribution is -2.60. The van der Waals surface area contributed by atoms with Crippen LogP contribution in [-0.2, 0) is 18.9 Å². The highest BCUT2D eigenvalue weighted by Crippen LogP contribution is 2.33. The second-order valence-electron chi connectivity index (χ2n) is 6.27. The molecule has 1 aliphatic heterocycles. The van der Waals surface area contributed by atoms with Crippen molar-refractivity contribution in [1.82, 2.24) is 0 Å². The van der Waals surface area contributed by atoms with Crippen molar-refractivity contribution in [3.8, 4) is 0 Å². The second-order valence-corrected chi connectivity index (χ2v) is 6.27. The van der Waals surface area contributed by atoms with Gasteiger partial charge in [0.25, 0.3) is 0 Å². The van der Waals surface area contributed by atoms with E-state index in [4.69, 9.17) is 18.9 Å². The fraction of sp³-hybridized carbons (Fsp3) is 0.875. The van der Waals surface area contributed by atoms with Gasteiger partial charge in [0.15, 0.2) is 6.29 Å². The van der Waals surface area contributed by atoms with Gasteiger partial charge in [0, 0.05) is 20.6 Å². The monoisotopic (exact) mass is 364 g/mol. The summed E-state index contributed by atoms with van der Waals surface area (Å²) in [5.74, 6) is 0. The summed E-state index contributed by atoms with van der Waals surface area (Å²) in [6.45, 7) is 1.20. The lowest BCUT2D eigenvalue weighted by atomic mass is 9.84. The molecule has 25 heavy (non-hydrogen) atoms. The zero-order valence-electron chi connectivity index (χ0n) is 14.6. The van der Waals surface area contributed by atoms with Gasteiger partial charge < -0.3 is 44.5 Å². The Bertz CT molecular complexity index is 455. The molecular weight excluding hydrogens is 336 g/mol. The van der Waals surface area contributed by atoms with Crippen molar-refractivity contribution in [2.75, 3.05) is 20.8 Å². The summed E-state index contributed by atoms with van der Waals surface area (Å²) in [6, 6.07) is 0. The van der Waals surface area contributed by atoms with E-state index in [1.165, 1.54) is 14.2 Å². The van der Waals surface area contributed by atoms with E-state index in [-0.39, 0.29) is 0 Å². The molecule has 1 saturated heterocycles. The highest BCUT2D eigenvalue weighted by atomic mass is 16.7. The molecule has 2 rings (SSSR count). The predicted octanol–water partition coefficient (Wildman–Crippen LogP) is -2.09. The maximum absolute atomic E-state index is 10.5. The number of ether oxygens (including phenoxy) is 4. The van der Waals surface area contributed by atoms with Crippen molar-refractivity contribution in [1.29, 1.82) is 0 Å². The number of aliphatic hydroxyl groups is 5. The van der Waals surface area contributed by atoms with Crippen LogP contribution in [0.25, 0.3) is 0 Å². The highest BCUT2D eigenvalue weighted by molar-refractivity contribution is 5.20. The second kappa shape index (κ2) is 8.85. The SMILES string of the molecule is C/C=C1/C(OC2OC(CO)C(O)C(O)C2O)CC(OC)C(OC)C1O. The minimum atomic E-state index is -1.52. The van der Waals surface area contributed by atoms with Crippen molar-refractivity contribution >= 4 is 0 Å². The molecule has 0 spiro atoms. The average molecular weight is 364 g/mol. The van der Waals surface area contributed by atoms with Crippen LogP contribution in [0.1, 0.15) is 13.3 Å². The molecule has 0 aromatic carbocycles. The molecule has 0 aromatic rings. The molecular formula is C16H28O9. The highest BCUT2D eigenvalue weighted by Gasteiger charge is 2.47. The molecule has 1 heterocycles. The standard InChI is InChI=1S/C16H28O9/c1-4-7-8(5-9(22-2)15(23-3)11(7)18)24-16-14(21)13(20)12(19)10(6-17)25-16/h4,8-21H,5-6H2,1-3H3/b7-4-. The van der Waals surface area contributed by atoms with E-state index >= 15 is 0 Å². The van der Waals surface area contributed by atoms with E-state index < -0.39 is 61.7 Å². The molecule has 2 fully saturated rings. The number of hydrogen-bond acceptors (Lipinski definition) is 9. The third-order valence-electron chi connectivity index (χ3n) is 4.89. The third-order valence-corrected chi connectivity index (χ3v) is 4.89. The van der Waals surface area contributed by atoms with Crippen molar-refractivity contribution in [2.24, 2.45) is 0 Å². The van der Waals surface area contributed by atoms with E-state index in [0.29, 0.717) is 12.0 Å². The van der Waals surface area contributed by atoms with Crippen molar-refractivity contribution in [3.63, 3.8) is 0 Å². The number of allylic oxidation sites excluding steroid dienone is 1. The molecule has 9 nitrogen and oxygen atoms in total. The Morgan fingerprint density at radius 2 is 1.76 bits per heavy atom. The Kier molecular flexibility index (Phi) is 7.32. The van der Waals surface area contributed by atoms with E-state index in [1.807, 2.05) is 0 Å². The maximum atomic E-state index is 10.5. The zero-order valence-corrected chi connectivity index (χ0v) is 14.6. The predicted molar refractivity (Wildman–Crippen MR) is 84.6 cm³/mol. The molecule has 0 amide bonds. The molecule has 146 valence electrons. The smallest absolute Gasteiger partial charge is 0.187 e. The first-order chi connectivity index (χ1) is 11.9. The molecule has 9 unspecified atom stereocenters. The Balaban J connectivity index is 2.16. The van der Waals surface area contributed by atoms with Crippen molar-refractivity contribution < 1.29 is 44.5 Å². The molecule has 0 radical (unpaired) electrons. The summed E-state index contributed by atoms with van der Waals surface area (Å²) < 4.78 is 21.8. The number of methoxy groups -OCH3 is 2. The van der Waals surface area contributed by atoms with Crippen LogP contribution in [0.2, 0.25) is 0 Å². The van der Waals surface area contributed by atoms with Gasteiger partial charge >= 0.3 is 0 Å². The Morgan fingerprint density at radius 1 is 1.08 bits per heavy atom. The first-order valence-corrected chi connectivity index (χ1v) is 8.25. The lowest BCUT2D eigenvalue weighted by Gasteiger charge is -2.44. The van der Waals surface area contributed by atoms with Crippen LogP contribution in [-0.4, -0.2) is 101 Å². The van der Waals surface area contributed by atoms with E-state index in [2.05, 4.69) is 0 Å². The first kappa shape index (κ1) is 20.7. The van der Waals surface area contributed by atoms with Gasteiger partial charge in [-0.1, -0.05) is 6.08 Å². The number of hydrogen-bond donors (Lipinski definition) is 5.